The number of hydrogen-bond donors (Lipinski definition) is 2. The highest BCUT2D eigenvalue weighted by Crippen LogP contribution is 2.25. The molecule has 1 aromatic carbocycles. The highest BCUT2D eigenvalue weighted by atomic mass is 16.5. The molecule has 3 unspecified atom stereocenters. The monoisotopic (exact) mass is 277 g/mol. The average molecular weight is 277 g/mol. The maximum absolute atomic E-state index is 9.71. The highest BCUT2D eigenvalue weighted by Gasteiger charge is 2.20. The first-order valence-electron chi connectivity index (χ1n) is 7.83. The van der Waals surface area contributed by atoms with Crippen molar-refractivity contribution in [3.05, 3.63) is 29.8 Å². The fourth-order valence-electron chi connectivity index (χ4n) is 2.95. The zero-order chi connectivity index (χ0) is 14.4. The van der Waals surface area contributed by atoms with Crippen LogP contribution in [-0.4, -0.2) is 24.4 Å². The van der Waals surface area contributed by atoms with E-state index in [1.54, 1.807) is 0 Å². The topological polar surface area (TPSA) is 41.5 Å². The quantitative estimate of drug-likeness (QED) is 0.838. The summed E-state index contributed by atoms with van der Waals surface area (Å²) in [5, 5.41) is 13.3. The highest BCUT2D eigenvalue weighted by molar-refractivity contribution is 5.30. The average Bonchev–Trinajstić information content (AvgIpc) is 2.45. The van der Waals surface area contributed by atoms with Gasteiger partial charge >= 0.3 is 0 Å². The molecule has 0 aliphatic heterocycles. The molecule has 1 aliphatic carbocycles. The van der Waals surface area contributed by atoms with Crippen molar-refractivity contribution in [1.82, 2.24) is 5.32 Å². The Balaban J connectivity index is 1.84. The minimum Gasteiger partial charge on any atom is -0.494 e. The largest absolute Gasteiger partial charge is 0.494 e. The SMILES string of the molecule is CCOc1cccc(C(C)NCC2CCCC(O)C2)c1. The standard InChI is InChI=1S/C17H27NO2/c1-3-20-17-9-5-7-15(11-17)13(2)18-12-14-6-4-8-16(19)10-14/h5,7,9,11,13-14,16,18-19H,3-4,6,8,10,12H2,1-2H3. The van der Waals surface area contributed by atoms with Gasteiger partial charge in [-0.1, -0.05) is 18.6 Å². The van der Waals surface area contributed by atoms with Crippen molar-refractivity contribution < 1.29 is 9.84 Å². The van der Waals surface area contributed by atoms with Crippen LogP contribution >= 0.6 is 0 Å². The molecule has 0 amide bonds. The predicted molar refractivity (Wildman–Crippen MR) is 82.0 cm³/mol. The van der Waals surface area contributed by atoms with Gasteiger partial charge in [-0.25, -0.2) is 0 Å². The molecule has 0 spiro atoms. The van der Waals surface area contributed by atoms with Crippen LogP contribution in [0.1, 0.15) is 51.1 Å². The van der Waals surface area contributed by atoms with Gasteiger partial charge in [0.1, 0.15) is 5.75 Å². The first-order valence-corrected chi connectivity index (χ1v) is 7.83. The summed E-state index contributed by atoms with van der Waals surface area (Å²) < 4.78 is 5.54. The minimum absolute atomic E-state index is 0.0906. The van der Waals surface area contributed by atoms with Crippen LogP contribution in [-0.2, 0) is 0 Å². The smallest absolute Gasteiger partial charge is 0.119 e. The van der Waals surface area contributed by atoms with Crippen LogP contribution in [0.2, 0.25) is 0 Å². The molecule has 2 N–H and O–H groups in total. The van der Waals surface area contributed by atoms with Gasteiger partial charge in [-0.05, 0) is 63.3 Å². The van der Waals surface area contributed by atoms with E-state index in [0.29, 0.717) is 18.6 Å². The Hall–Kier alpha value is -1.06. The van der Waals surface area contributed by atoms with Crippen LogP contribution in [0.4, 0.5) is 0 Å². The molecule has 1 fully saturated rings. The van der Waals surface area contributed by atoms with E-state index in [1.165, 1.54) is 12.0 Å². The first kappa shape index (κ1) is 15.3. The van der Waals surface area contributed by atoms with Gasteiger partial charge in [-0.2, -0.15) is 0 Å². The van der Waals surface area contributed by atoms with Crippen molar-refractivity contribution in [2.75, 3.05) is 13.2 Å². The molecular formula is C17H27NO2. The van der Waals surface area contributed by atoms with Crippen LogP contribution in [0.15, 0.2) is 24.3 Å². The molecule has 3 nitrogen and oxygen atoms in total. The maximum Gasteiger partial charge on any atom is 0.119 e. The number of aliphatic hydroxyl groups excluding tert-OH is 1. The number of hydrogen-bond acceptors (Lipinski definition) is 3. The second-order valence-corrected chi connectivity index (χ2v) is 5.82. The predicted octanol–water partition coefficient (Wildman–Crippen LogP) is 3.29. The zero-order valence-corrected chi connectivity index (χ0v) is 12.6. The number of aliphatic hydroxyl groups is 1. The van der Waals surface area contributed by atoms with Crippen LogP contribution in [0, 0.1) is 5.92 Å². The third-order valence-electron chi connectivity index (χ3n) is 4.14. The van der Waals surface area contributed by atoms with E-state index < -0.39 is 0 Å². The van der Waals surface area contributed by atoms with E-state index in [1.807, 2.05) is 19.1 Å². The summed E-state index contributed by atoms with van der Waals surface area (Å²) in [6, 6.07) is 8.60. The molecule has 1 aliphatic rings. The van der Waals surface area contributed by atoms with Gasteiger partial charge in [0, 0.05) is 6.04 Å². The Morgan fingerprint density at radius 3 is 3.00 bits per heavy atom. The van der Waals surface area contributed by atoms with Crippen molar-refractivity contribution in [2.45, 2.75) is 51.7 Å². The summed E-state index contributed by atoms with van der Waals surface area (Å²) in [6.07, 6.45) is 4.21. The van der Waals surface area contributed by atoms with Crippen LogP contribution in [0.3, 0.4) is 0 Å². The molecule has 20 heavy (non-hydrogen) atoms. The molecule has 0 aromatic heterocycles. The molecule has 3 heteroatoms. The number of benzene rings is 1. The first-order chi connectivity index (χ1) is 9.69. The lowest BCUT2D eigenvalue weighted by Gasteiger charge is -2.27. The molecule has 0 bridgehead atoms. The summed E-state index contributed by atoms with van der Waals surface area (Å²) in [5.41, 5.74) is 1.26. The molecule has 2 rings (SSSR count). The van der Waals surface area contributed by atoms with Crippen molar-refractivity contribution in [1.29, 1.82) is 0 Å². The third-order valence-corrected chi connectivity index (χ3v) is 4.14. The molecular weight excluding hydrogens is 250 g/mol. The van der Waals surface area contributed by atoms with Gasteiger partial charge in [-0.15, -0.1) is 0 Å². The van der Waals surface area contributed by atoms with Crippen molar-refractivity contribution in [2.24, 2.45) is 5.92 Å². The summed E-state index contributed by atoms with van der Waals surface area (Å²) in [5.74, 6) is 1.54. The number of rotatable bonds is 6. The van der Waals surface area contributed by atoms with E-state index in [2.05, 4.69) is 24.4 Å². The van der Waals surface area contributed by atoms with Gasteiger partial charge in [0.05, 0.1) is 12.7 Å². The fourth-order valence-corrected chi connectivity index (χ4v) is 2.95. The second-order valence-electron chi connectivity index (χ2n) is 5.82. The van der Waals surface area contributed by atoms with E-state index in [4.69, 9.17) is 4.74 Å². The molecule has 0 radical (unpaired) electrons. The molecule has 0 saturated heterocycles. The Morgan fingerprint density at radius 2 is 2.25 bits per heavy atom. The van der Waals surface area contributed by atoms with E-state index in [0.717, 1.165) is 31.6 Å². The normalized spacial score (nSPS) is 24.4. The summed E-state index contributed by atoms with van der Waals surface area (Å²) >= 11 is 0. The summed E-state index contributed by atoms with van der Waals surface area (Å²) in [6.45, 7) is 5.87. The number of ether oxygens (including phenoxy) is 1. The number of nitrogens with one attached hydrogen (secondary N) is 1. The summed E-state index contributed by atoms with van der Waals surface area (Å²) in [4.78, 5) is 0. The molecule has 1 saturated carbocycles. The second kappa shape index (κ2) is 7.65. The van der Waals surface area contributed by atoms with E-state index >= 15 is 0 Å². The van der Waals surface area contributed by atoms with Gasteiger partial charge in [0.2, 0.25) is 0 Å². The Kier molecular flexibility index (Phi) is 5.86. The lowest BCUT2D eigenvalue weighted by Crippen LogP contribution is -2.30. The van der Waals surface area contributed by atoms with Gasteiger partial charge < -0.3 is 15.2 Å². The van der Waals surface area contributed by atoms with Gasteiger partial charge in [0.25, 0.3) is 0 Å². The van der Waals surface area contributed by atoms with Gasteiger partial charge in [-0.3, -0.25) is 0 Å². The molecule has 3 atom stereocenters. The lowest BCUT2D eigenvalue weighted by molar-refractivity contribution is 0.0998. The molecule has 112 valence electrons. The fraction of sp³-hybridized carbons (Fsp3) is 0.647. The molecule has 1 aromatic rings. The third kappa shape index (κ3) is 4.50. The minimum atomic E-state index is -0.0906. The van der Waals surface area contributed by atoms with Crippen LogP contribution in [0.5, 0.6) is 5.75 Å². The lowest BCUT2D eigenvalue weighted by atomic mass is 9.87. The zero-order valence-electron chi connectivity index (χ0n) is 12.6. The van der Waals surface area contributed by atoms with Crippen LogP contribution in [0.25, 0.3) is 0 Å². The molecule has 0 heterocycles. The maximum atomic E-state index is 9.71. The van der Waals surface area contributed by atoms with E-state index in [-0.39, 0.29) is 6.10 Å². The Labute approximate surface area is 122 Å². The van der Waals surface area contributed by atoms with Crippen molar-refractivity contribution in [3.8, 4) is 5.75 Å². The van der Waals surface area contributed by atoms with Gasteiger partial charge in [0.15, 0.2) is 0 Å². The van der Waals surface area contributed by atoms with Crippen molar-refractivity contribution in [3.63, 3.8) is 0 Å². The van der Waals surface area contributed by atoms with Crippen molar-refractivity contribution >= 4 is 0 Å². The Bertz CT molecular complexity index is 408. The van der Waals surface area contributed by atoms with Crippen LogP contribution < -0.4 is 10.1 Å². The summed E-state index contributed by atoms with van der Waals surface area (Å²) in [7, 11) is 0. The van der Waals surface area contributed by atoms with E-state index in [9.17, 15) is 5.11 Å². The Morgan fingerprint density at radius 1 is 1.40 bits per heavy atom.